The minimum Gasteiger partial charge on any atom is -0.302 e. The highest BCUT2D eigenvalue weighted by Gasteiger charge is 2.11. The van der Waals surface area contributed by atoms with Gasteiger partial charge in [-0.1, -0.05) is 26.0 Å². The Bertz CT molecular complexity index is 765. The number of benzene rings is 1. The van der Waals surface area contributed by atoms with Crippen molar-refractivity contribution >= 4 is 32.4 Å². The van der Waals surface area contributed by atoms with E-state index < -0.39 is 10.0 Å². The normalized spacial score (nSPS) is 11.6. The van der Waals surface area contributed by atoms with E-state index in [-0.39, 0.29) is 16.7 Å². The van der Waals surface area contributed by atoms with Crippen LogP contribution in [-0.4, -0.2) is 19.3 Å². The van der Waals surface area contributed by atoms with E-state index in [2.05, 4.69) is 10.3 Å². The van der Waals surface area contributed by atoms with Gasteiger partial charge in [0.25, 0.3) is 0 Å². The van der Waals surface area contributed by atoms with Crippen molar-refractivity contribution in [2.45, 2.75) is 25.2 Å². The molecular weight excluding hydrogens is 322 g/mol. The van der Waals surface area contributed by atoms with Crippen LogP contribution in [0.3, 0.4) is 0 Å². The zero-order valence-corrected chi connectivity index (χ0v) is 13.9. The summed E-state index contributed by atoms with van der Waals surface area (Å²) in [6.07, 6.45) is 2.31. The van der Waals surface area contributed by atoms with Crippen LogP contribution >= 0.6 is 11.3 Å². The van der Waals surface area contributed by atoms with Gasteiger partial charge in [0, 0.05) is 23.4 Å². The quantitative estimate of drug-likeness (QED) is 0.869. The third-order valence-corrected chi connectivity index (χ3v) is 4.78. The van der Waals surface area contributed by atoms with Crippen LogP contribution < -0.4 is 10.5 Å². The van der Waals surface area contributed by atoms with Gasteiger partial charge in [-0.15, -0.1) is 11.3 Å². The number of carbonyl (C=O) groups excluding carboxylic acids is 1. The summed E-state index contributed by atoms with van der Waals surface area (Å²) in [4.78, 5) is 16.8. The summed E-state index contributed by atoms with van der Waals surface area (Å²) in [5.74, 6) is -0.170. The van der Waals surface area contributed by atoms with E-state index in [1.807, 2.05) is 13.8 Å². The highest BCUT2D eigenvalue weighted by molar-refractivity contribution is 7.89. The van der Waals surface area contributed by atoms with Crippen molar-refractivity contribution in [2.75, 3.05) is 5.32 Å². The second-order valence-corrected chi connectivity index (χ2v) is 7.82. The first kappa shape index (κ1) is 16.6. The van der Waals surface area contributed by atoms with Gasteiger partial charge in [-0.25, -0.2) is 18.5 Å². The van der Waals surface area contributed by atoms with E-state index in [1.165, 1.54) is 23.5 Å². The van der Waals surface area contributed by atoms with Crippen LogP contribution in [0, 0.1) is 5.92 Å². The maximum Gasteiger partial charge on any atom is 0.238 e. The summed E-state index contributed by atoms with van der Waals surface area (Å²) in [6.45, 7) is 3.63. The van der Waals surface area contributed by atoms with Gasteiger partial charge in [0.1, 0.15) is 0 Å². The Morgan fingerprint density at radius 1 is 1.32 bits per heavy atom. The number of primary sulfonamides is 1. The molecule has 118 valence electrons. The van der Waals surface area contributed by atoms with E-state index in [9.17, 15) is 13.2 Å². The second kappa shape index (κ2) is 6.55. The average molecular weight is 339 g/mol. The fourth-order valence-corrected chi connectivity index (χ4v) is 3.06. The first-order valence-electron chi connectivity index (χ1n) is 6.63. The van der Waals surface area contributed by atoms with Crippen LogP contribution in [-0.2, 0) is 21.2 Å². The van der Waals surface area contributed by atoms with Crippen LogP contribution in [0.25, 0.3) is 0 Å². The van der Waals surface area contributed by atoms with Gasteiger partial charge >= 0.3 is 0 Å². The summed E-state index contributed by atoms with van der Waals surface area (Å²) in [5.41, 5.74) is 0.942. The van der Waals surface area contributed by atoms with Gasteiger partial charge in [0.2, 0.25) is 15.9 Å². The molecule has 8 heteroatoms. The van der Waals surface area contributed by atoms with Crippen molar-refractivity contribution < 1.29 is 13.2 Å². The molecule has 0 saturated carbocycles. The molecule has 1 heterocycles. The number of amides is 1. The van der Waals surface area contributed by atoms with Gasteiger partial charge in [-0.2, -0.15) is 0 Å². The van der Waals surface area contributed by atoms with Gasteiger partial charge < -0.3 is 5.32 Å². The molecule has 0 spiro atoms. The Morgan fingerprint density at radius 2 is 1.95 bits per heavy atom. The molecule has 1 aromatic heterocycles. The van der Waals surface area contributed by atoms with Crippen molar-refractivity contribution in [3.63, 3.8) is 0 Å². The van der Waals surface area contributed by atoms with E-state index >= 15 is 0 Å². The van der Waals surface area contributed by atoms with E-state index in [0.29, 0.717) is 11.6 Å². The number of hydrogen-bond acceptors (Lipinski definition) is 5. The van der Waals surface area contributed by atoms with Gasteiger partial charge in [0.15, 0.2) is 5.13 Å². The maximum atomic E-state index is 11.6. The minimum atomic E-state index is -3.67. The summed E-state index contributed by atoms with van der Waals surface area (Å²) < 4.78 is 22.4. The molecule has 2 aromatic rings. The Hall–Kier alpha value is -1.77. The van der Waals surface area contributed by atoms with Crippen LogP contribution in [0.4, 0.5) is 5.13 Å². The predicted molar refractivity (Wildman–Crippen MR) is 86.2 cm³/mol. The van der Waals surface area contributed by atoms with Gasteiger partial charge in [0.05, 0.1) is 4.90 Å². The van der Waals surface area contributed by atoms with Crippen LogP contribution in [0.5, 0.6) is 0 Å². The zero-order chi connectivity index (χ0) is 16.3. The number of aromatic nitrogens is 1. The SMILES string of the molecule is CC(C)C(=O)Nc1ncc(Cc2ccc(S(N)(=O)=O)cc2)s1. The second-order valence-electron chi connectivity index (χ2n) is 5.14. The molecule has 1 amide bonds. The molecule has 0 radical (unpaired) electrons. The number of hydrogen-bond donors (Lipinski definition) is 2. The maximum absolute atomic E-state index is 11.6. The van der Waals surface area contributed by atoms with Crippen LogP contribution in [0.15, 0.2) is 35.4 Å². The molecule has 0 aliphatic heterocycles. The molecule has 0 unspecified atom stereocenters. The Balaban J connectivity index is 2.05. The highest BCUT2D eigenvalue weighted by Crippen LogP contribution is 2.22. The van der Waals surface area contributed by atoms with Gasteiger partial charge in [-0.3, -0.25) is 4.79 Å². The number of nitrogens with two attached hydrogens (primary N) is 1. The molecule has 6 nitrogen and oxygen atoms in total. The first-order valence-corrected chi connectivity index (χ1v) is 8.99. The standard InChI is InChI=1S/C14H17N3O3S2/c1-9(2)13(18)17-14-16-8-11(21-14)7-10-3-5-12(6-4-10)22(15,19)20/h3-6,8-9H,7H2,1-2H3,(H2,15,19,20)(H,16,17,18). The molecule has 1 aromatic carbocycles. The van der Waals surface area contributed by atoms with Crippen molar-refractivity contribution in [2.24, 2.45) is 11.1 Å². The van der Waals surface area contributed by atoms with Crippen LogP contribution in [0.2, 0.25) is 0 Å². The molecule has 0 atom stereocenters. The number of nitrogens with one attached hydrogen (secondary N) is 1. The number of nitrogens with zero attached hydrogens (tertiary/aromatic N) is 1. The minimum absolute atomic E-state index is 0.0709. The van der Waals surface area contributed by atoms with E-state index in [4.69, 9.17) is 5.14 Å². The number of sulfonamides is 1. The predicted octanol–water partition coefficient (Wildman–Crippen LogP) is 1.98. The molecule has 0 aliphatic rings. The Morgan fingerprint density at radius 3 is 2.50 bits per heavy atom. The van der Waals surface area contributed by atoms with Crippen molar-refractivity contribution in [1.29, 1.82) is 0 Å². The lowest BCUT2D eigenvalue weighted by molar-refractivity contribution is -0.118. The molecule has 0 aliphatic carbocycles. The lowest BCUT2D eigenvalue weighted by Crippen LogP contribution is -2.17. The highest BCUT2D eigenvalue weighted by atomic mass is 32.2. The average Bonchev–Trinajstić information content (AvgIpc) is 2.85. The monoisotopic (exact) mass is 339 g/mol. The molecular formula is C14H17N3O3S2. The molecule has 2 rings (SSSR count). The summed E-state index contributed by atoms with van der Waals surface area (Å²) in [5, 5.41) is 8.37. The Kier molecular flexibility index (Phi) is 4.94. The lowest BCUT2D eigenvalue weighted by Gasteiger charge is -2.03. The fourth-order valence-electron chi connectivity index (χ4n) is 1.69. The summed E-state index contributed by atoms with van der Waals surface area (Å²) in [6, 6.07) is 6.39. The van der Waals surface area contributed by atoms with Crippen molar-refractivity contribution in [1.82, 2.24) is 4.98 Å². The van der Waals surface area contributed by atoms with Crippen LogP contribution in [0.1, 0.15) is 24.3 Å². The number of carbonyl (C=O) groups is 1. The third-order valence-electron chi connectivity index (χ3n) is 2.94. The third kappa shape index (κ3) is 4.36. The number of thiazole rings is 1. The smallest absolute Gasteiger partial charge is 0.238 e. The summed E-state index contributed by atoms with van der Waals surface area (Å²) >= 11 is 1.40. The van der Waals surface area contributed by atoms with Gasteiger partial charge in [-0.05, 0) is 17.7 Å². The Labute approximate surface area is 133 Å². The number of rotatable bonds is 5. The topological polar surface area (TPSA) is 102 Å². The van der Waals surface area contributed by atoms with Crippen molar-refractivity contribution in [3.05, 3.63) is 40.9 Å². The molecule has 22 heavy (non-hydrogen) atoms. The van der Waals surface area contributed by atoms with E-state index in [0.717, 1.165) is 10.4 Å². The van der Waals surface area contributed by atoms with Crippen molar-refractivity contribution in [3.8, 4) is 0 Å². The molecule has 0 bridgehead atoms. The lowest BCUT2D eigenvalue weighted by atomic mass is 10.1. The zero-order valence-electron chi connectivity index (χ0n) is 12.2. The fraction of sp³-hybridized carbons (Fsp3) is 0.286. The first-order chi connectivity index (χ1) is 10.3. The van der Waals surface area contributed by atoms with E-state index in [1.54, 1.807) is 18.3 Å². The number of anilines is 1. The summed E-state index contributed by atoms with van der Waals surface area (Å²) in [7, 11) is -3.67. The largest absolute Gasteiger partial charge is 0.302 e. The molecule has 0 saturated heterocycles. The molecule has 0 fully saturated rings. The molecule has 3 N–H and O–H groups in total.